The molecule has 12 heavy (non-hydrogen) atoms. The minimum atomic E-state index is -0.688. The van der Waals surface area contributed by atoms with E-state index < -0.39 is 18.1 Å². The maximum atomic E-state index is 12.5. The van der Waals surface area contributed by atoms with E-state index in [0.29, 0.717) is 5.56 Å². The number of hydrogen-bond donors (Lipinski definition) is 2. The van der Waals surface area contributed by atoms with Crippen molar-refractivity contribution in [3.05, 3.63) is 29.8 Å². The number of aromatic nitrogens is 1. The third-order valence-corrected chi connectivity index (χ3v) is 1.66. The first-order valence-corrected chi connectivity index (χ1v) is 3.66. The average Bonchev–Trinajstić information content (AvgIpc) is 2.03. The number of hydrogen-bond acceptors (Lipinski definition) is 3. The van der Waals surface area contributed by atoms with E-state index in [1.165, 1.54) is 12.3 Å². The lowest BCUT2D eigenvalue weighted by Gasteiger charge is -2.14. The first-order chi connectivity index (χ1) is 5.61. The summed E-state index contributed by atoms with van der Waals surface area (Å²) >= 11 is 0. The predicted octanol–water partition coefficient (Wildman–Crippen LogP) is 0.601. The highest BCUT2D eigenvalue weighted by molar-refractivity contribution is 5.16. The Kier molecular flexibility index (Phi) is 2.73. The summed E-state index contributed by atoms with van der Waals surface area (Å²) in [6.45, 7) is 1.56. The molecule has 0 radical (unpaired) electrons. The van der Waals surface area contributed by atoms with E-state index in [0.717, 1.165) is 0 Å². The molecular formula is C8H11FN2O. The van der Waals surface area contributed by atoms with Gasteiger partial charge in [-0.1, -0.05) is 0 Å². The van der Waals surface area contributed by atoms with E-state index in [4.69, 9.17) is 10.8 Å². The third kappa shape index (κ3) is 1.99. The first kappa shape index (κ1) is 9.09. The monoisotopic (exact) mass is 170 g/mol. The summed E-state index contributed by atoms with van der Waals surface area (Å²) < 4.78 is 12.5. The van der Waals surface area contributed by atoms with Crippen LogP contribution in [-0.4, -0.2) is 16.2 Å². The van der Waals surface area contributed by atoms with Gasteiger partial charge in [0.25, 0.3) is 0 Å². The van der Waals surface area contributed by atoms with Crippen LogP contribution in [0.4, 0.5) is 4.39 Å². The summed E-state index contributed by atoms with van der Waals surface area (Å²) in [5.41, 5.74) is 6.12. The molecule has 1 aromatic rings. The number of aliphatic hydroxyl groups excluding tert-OH is 1. The van der Waals surface area contributed by atoms with Gasteiger partial charge < -0.3 is 10.8 Å². The van der Waals surface area contributed by atoms with Crippen LogP contribution in [0, 0.1) is 5.95 Å². The van der Waals surface area contributed by atoms with Gasteiger partial charge in [-0.15, -0.1) is 0 Å². The van der Waals surface area contributed by atoms with Gasteiger partial charge in [-0.05, 0) is 24.6 Å². The highest BCUT2D eigenvalue weighted by Crippen LogP contribution is 2.13. The molecule has 0 saturated carbocycles. The van der Waals surface area contributed by atoms with Gasteiger partial charge in [0, 0.05) is 6.20 Å². The molecule has 0 fully saturated rings. The highest BCUT2D eigenvalue weighted by Gasteiger charge is 2.12. The van der Waals surface area contributed by atoms with Crippen LogP contribution >= 0.6 is 0 Å². The van der Waals surface area contributed by atoms with Gasteiger partial charge in [0.05, 0.1) is 12.1 Å². The molecule has 1 heterocycles. The maximum absolute atomic E-state index is 12.5. The second-order valence-corrected chi connectivity index (χ2v) is 2.68. The summed E-state index contributed by atoms with van der Waals surface area (Å²) in [6, 6.07) is 2.25. The fourth-order valence-corrected chi connectivity index (χ4v) is 0.903. The van der Waals surface area contributed by atoms with Crippen LogP contribution in [0.5, 0.6) is 0 Å². The van der Waals surface area contributed by atoms with E-state index in [1.807, 2.05) is 0 Å². The van der Waals surface area contributed by atoms with Crippen LogP contribution in [0.1, 0.15) is 18.5 Å². The standard InChI is InChI=1S/C8H11FN2O/c1-5(12)8(10)6-2-3-11-7(9)4-6/h2-5,8,12H,10H2,1H3/t5-,8-/m0/s1. The molecule has 3 N–H and O–H groups in total. The number of nitrogens with zero attached hydrogens (tertiary/aromatic N) is 1. The van der Waals surface area contributed by atoms with Crippen molar-refractivity contribution in [2.45, 2.75) is 19.1 Å². The molecule has 0 bridgehead atoms. The number of pyridine rings is 1. The van der Waals surface area contributed by atoms with Crippen molar-refractivity contribution in [1.82, 2.24) is 4.98 Å². The van der Waals surface area contributed by atoms with Crippen LogP contribution in [0.25, 0.3) is 0 Å². The summed E-state index contributed by atoms with van der Waals surface area (Å²) in [5.74, 6) is -0.580. The molecule has 0 unspecified atom stereocenters. The van der Waals surface area contributed by atoms with Crippen molar-refractivity contribution in [3.63, 3.8) is 0 Å². The zero-order valence-corrected chi connectivity index (χ0v) is 6.74. The molecule has 0 spiro atoms. The number of aliphatic hydroxyl groups is 1. The number of rotatable bonds is 2. The Bertz CT molecular complexity index is 265. The van der Waals surface area contributed by atoms with Gasteiger partial charge in [-0.2, -0.15) is 4.39 Å². The van der Waals surface area contributed by atoms with Crippen LogP contribution in [0.3, 0.4) is 0 Å². The Morgan fingerprint density at radius 1 is 1.67 bits per heavy atom. The summed E-state index contributed by atoms with van der Waals surface area (Å²) in [5, 5.41) is 9.10. The second kappa shape index (κ2) is 3.60. The summed E-state index contributed by atoms with van der Waals surface area (Å²) in [7, 11) is 0. The Balaban J connectivity index is 2.88. The fourth-order valence-electron chi connectivity index (χ4n) is 0.903. The van der Waals surface area contributed by atoms with E-state index in [9.17, 15) is 4.39 Å². The van der Waals surface area contributed by atoms with Gasteiger partial charge in [-0.3, -0.25) is 0 Å². The molecule has 0 aliphatic heterocycles. The predicted molar refractivity (Wildman–Crippen MR) is 42.8 cm³/mol. The van der Waals surface area contributed by atoms with E-state index in [1.54, 1.807) is 13.0 Å². The average molecular weight is 170 g/mol. The fraction of sp³-hybridized carbons (Fsp3) is 0.375. The SMILES string of the molecule is C[C@H](O)[C@H](N)c1ccnc(F)c1. The smallest absolute Gasteiger partial charge is 0.213 e. The van der Waals surface area contributed by atoms with Gasteiger partial charge in [-0.25, -0.2) is 4.98 Å². The largest absolute Gasteiger partial charge is 0.391 e. The van der Waals surface area contributed by atoms with Crippen molar-refractivity contribution in [2.24, 2.45) is 5.73 Å². The Morgan fingerprint density at radius 2 is 2.33 bits per heavy atom. The molecule has 1 aromatic heterocycles. The van der Waals surface area contributed by atoms with E-state index in [2.05, 4.69) is 4.98 Å². The molecule has 66 valence electrons. The van der Waals surface area contributed by atoms with Gasteiger partial charge in [0.2, 0.25) is 5.95 Å². The molecule has 0 aromatic carbocycles. The van der Waals surface area contributed by atoms with Crippen molar-refractivity contribution < 1.29 is 9.50 Å². The molecule has 0 aliphatic rings. The molecule has 4 heteroatoms. The minimum Gasteiger partial charge on any atom is -0.391 e. The third-order valence-electron chi connectivity index (χ3n) is 1.66. The molecule has 1 rings (SSSR count). The molecule has 0 aliphatic carbocycles. The van der Waals surface area contributed by atoms with Crippen LogP contribution < -0.4 is 5.73 Å². The molecular weight excluding hydrogens is 159 g/mol. The van der Waals surface area contributed by atoms with Gasteiger partial charge >= 0.3 is 0 Å². The first-order valence-electron chi connectivity index (χ1n) is 3.66. The maximum Gasteiger partial charge on any atom is 0.213 e. The van der Waals surface area contributed by atoms with Crippen molar-refractivity contribution in [2.75, 3.05) is 0 Å². The van der Waals surface area contributed by atoms with E-state index >= 15 is 0 Å². The van der Waals surface area contributed by atoms with Crippen molar-refractivity contribution in [1.29, 1.82) is 0 Å². The Labute approximate surface area is 70.0 Å². The second-order valence-electron chi connectivity index (χ2n) is 2.68. The highest BCUT2D eigenvalue weighted by atomic mass is 19.1. The van der Waals surface area contributed by atoms with Crippen LogP contribution in [-0.2, 0) is 0 Å². The number of halogens is 1. The normalized spacial score (nSPS) is 15.7. The Morgan fingerprint density at radius 3 is 2.83 bits per heavy atom. The number of nitrogens with two attached hydrogens (primary N) is 1. The van der Waals surface area contributed by atoms with Crippen molar-refractivity contribution >= 4 is 0 Å². The van der Waals surface area contributed by atoms with Crippen molar-refractivity contribution in [3.8, 4) is 0 Å². The van der Waals surface area contributed by atoms with Gasteiger partial charge in [0.1, 0.15) is 0 Å². The Hall–Kier alpha value is -1.00. The summed E-state index contributed by atoms with van der Waals surface area (Å²) in [4.78, 5) is 3.38. The van der Waals surface area contributed by atoms with Crippen LogP contribution in [0.2, 0.25) is 0 Å². The van der Waals surface area contributed by atoms with E-state index in [-0.39, 0.29) is 0 Å². The van der Waals surface area contributed by atoms with Crippen LogP contribution in [0.15, 0.2) is 18.3 Å². The zero-order chi connectivity index (χ0) is 9.14. The minimum absolute atomic E-state index is 0.553. The zero-order valence-electron chi connectivity index (χ0n) is 6.74. The van der Waals surface area contributed by atoms with Gasteiger partial charge in [0.15, 0.2) is 0 Å². The topological polar surface area (TPSA) is 59.1 Å². The molecule has 0 amide bonds. The quantitative estimate of drug-likeness (QED) is 0.639. The lowest BCUT2D eigenvalue weighted by Crippen LogP contribution is -2.23. The lowest BCUT2D eigenvalue weighted by atomic mass is 10.1. The molecule has 0 saturated heterocycles. The lowest BCUT2D eigenvalue weighted by molar-refractivity contribution is 0.164. The molecule has 2 atom stereocenters. The summed E-state index contributed by atoms with van der Waals surface area (Å²) in [6.07, 6.45) is 0.638. The molecule has 3 nitrogen and oxygen atoms in total.